The van der Waals surface area contributed by atoms with Crippen molar-refractivity contribution in [2.24, 2.45) is 5.41 Å². The molecule has 0 saturated carbocycles. The van der Waals surface area contributed by atoms with Crippen molar-refractivity contribution in [3.63, 3.8) is 0 Å². The lowest BCUT2D eigenvalue weighted by Crippen LogP contribution is -2.73. The van der Waals surface area contributed by atoms with E-state index in [0.717, 1.165) is 18.5 Å². The SMILES string of the molecule is CCC[C@@H](NC(=O)N1C(=O)C(CC)(CC)[C@@H]1Oc1ccc(C(=O)N(C)CCN(C)C)cc1)c1ccc2c(c1)OCO2. The van der Waals surface area contributed by atoms with Gasteiger partial charge in [0, 0.05) is 25.7 Å². The molecule has 222 valence electrons. The van der Waals surface area contributed by atoms with Gasteiger partial charge in [0.25, 0.3) is 5.91 Å². The van der Waals surface area contributed by atoms with Gasteiger partial charge in [0.2, 0.25) is 12.7 Å². The first kappa shape index (κ1) is 30.2. The van der Waals surface area contributed by atoms with Crippen LogP contribution in [0.2, 0.25) is 0 Å². The van der Waals surface area contributed by atoms with Crippen molar-refractivity contribution in [3.8, 4) is 17.2 Å². The van der Waals surface area contributed by atoms with Gasteiger partial charge in [0.05, 0.1) is 6.04 Å². The summed E-state index contributed by atoms with van der Waals surface area (Å²) in [4.78, 5) is 44.7. The normalized spacial score (nSPS) is 17.7. The molecule has 0 aliphatic carbocycles. The maximum Gasteiger partial charge on any atom is 0.327 e. The van der Waals surface area contributed by atoms with Crippen molar-refractivity contribution in [1.82, 2.24) is 20.0 Å². The van der Waals surface area contributed by atoms with Crippen LogP contribution < -0.4 is 19.5 Å². The Morgan fingerprint density at radius 1 is 1.02 bits per heavy atom. The second-order valence-corrected chi connectivity index (χ2v) is 11.0. The number of carbonyl (C=O) groups excluding carboxylic acids is 3. The molecule has 0 spiro atoms. The average Bonchev–Trinajstić information content (AvgIpc) is 3.44. The quantitative estimate of drug-likeness (QED) is 0.373. The van der Waals surface area contributed by atoms with Gasteiger partial charge in [-0.15, -0.1) is 0 Å². The van der Waals surface area contributed by atoms with Gasteiger partial charge in [-0.3, -0.25) is 9.59 Å². The van der Waals surface area contributed by atoms with Crippen molar-refractivity contribution >= 4 is 17.8 Å². The third-order valence-corrected chi connectivity index (χ3v) is 8.08. The fourth-order valence-electron chi connectivity index (χ4n) is 5.34. The summed E-state index contributed by atoms with van der Waals surface area (Å²) in [7, 11) is 5.71. The highest BCUT2D eigenvalue weighted by atomic mass is 16.7. The van der Waals surface area contributed by atoms with E-state index in [9.17, 15) is 14.4 Å². The van der Waals surface area contributed by atoms with Crippen LogP contribution in [0.15, 0.2) is 42.5 Å². The molecule has 2 aliphatic heterocycles. The predicted molar refractivity (Wildman–Crippen MR) is 155 cm³/mol. The number of rotatable bonds is 12. The fourth-order valence-corrected chi connectivity index (χ4v) is 5.34. The lowest BCUT2D eigenvalue weighted by atomic mass is 9.72. The Kier molecular flexibility index (Phi) is 9.42. The third kappa shape index (κ3) is 6.12. The first-order valence-electron chi connectivity index (χ1n) is 14.4. The van der Waals surface area contributed by atoms with E-state index in [4.69, 9.17) is 14.2 Å². The maximum atomic E-state index is 13.6. The van der Waals surface area contributed by atoms with E-state index in [1.165, 1.54) is 4.90 Å². The number of nitrogens with zero attached hydrogens (tertiary/aromatic N) is 3. The molecular weight excluding hydrogens is 524 g/mol. The Bertz CT molecular complexity index is 1240. The van der Waals surface area contributed by atoms with Crippen LogP contribution in [-0.2, 0) is 4.79 Å². The van der Waals surface area contributed by atoms with Crippen LogP contribution in [0.1, 0.15) is 68.4 Å². The van der Waals surface area contributed by atoms with Gasteiger partial charge in [0.1, 0.15) is 11.2 Å². The zero-order valence-electron chi connectivity index (χ0n) is 24.9. The minimum atomic E-state index is -0.808. The molecule has 2 aliphatic rings. The van der Waals surface area contributed by atoms with Crippen LogP contribution in [0.5, 0.6) is 17.2 Å². The second-order valence-electron chi connectivity index (χ2n) is 11.0. The molecule has 2 heterocycles. The van der Waals surface area contributed by atoms with Gasteiger partial charge >= 0.3 is 6.03 Å². The van der Waals surface area contributed by atoms with Gasteiger partial charge < -0.3 is 29.3 Å². The molecule has 4 amide bonds. The number of nitrogens with one attached hydrogen (secondary N) is 1. The number of hydrogen-bond donors (Lipinski definition) is 1. The van der Waals surface area contributed by atoms with E-state index in [1.807, 2.05) is 58.0 Å². The summed E-state index contributed by atoms with van der Waals surface area (Å²) in [6.07, 6.45) is 1.81. The number of imide groups is 1. The topological polar surface area (TPSA) is 101 Å². The van der Waals surface area contributed by atoms with Crippen LogP contribution >= 0.6 is 0 Å². The minimum absolute atomic E-state index is 0.0832. The molecule has 0 radical (unpaired) electrons. The van der Waals surface area contributed by atoms with E-state index in [-0.39, 0.29) is 24.6 Å². The number of urea groups is 1. The summed E-state index contributed by atoms with van der Waals surface area (Å²) in [6.45, 7) is 7.46. The van der Waals surface area contributed by atoms with Gasteiger partial charge in [-0.25, -0.2) is 9.69 Å². The van der Waals surface area contributed by atoms with Gasteiger partial charge in [-0.1, -0.05) is 33.3 Å². The van der Waals surface area contributed by atoms with E-state index in [2.05, 4.69) is 5.32 Å². The summed E-state index contributed by atoms with van der Waals surface area (Å²) < 4.78 is 17.3. The summed E-state index contributed by atoms with van der Waals surface area (Å²) in [5, 5.41) is 3.05. The predicted octanol–water partition coefficient (Wildman–Crippen LogP) is 4.65. The molecule has 10 nitrogen and oxygen atoms in total. The highest BCUT2D eigenvalue weighted by Crippen LogP contribution is 2.46. The Labute approximate surface area is 242 Å². The Morgan fingerprint density at radius 2 is 1.71 bits per heavy atom. The molecule has 2 aromatic rings. The summed E-state index contributed by atoms with van der Waals surface area (Å²) >= 11 is 0. The Morgan fingerprint density at radius 3 is 2.34 bits per heavy atom. The number of hydrogen-bond acceptors (Lipinski definition) is 7. The standard InChI is InChI=1S/C31H42N4O6/c1-7-10-24(22-13-16-25-26(19-22)40-20-39-25)32-30(38)35-28(37)31(8-2,9-3)29(35)41-23-14-11-21(12-15-23)27(36)34(6)18-17-33(4)5/h11-16,19,24,29H,7-10,17-18,20H2,1-6H3,(H,32,38)/t24-,29+/m1/s1. The lowest BCUT2D eigenvalue weighted by molar-refractivity contribution is -0.191. The van der Waals surface area contributed by atoms with Crippen molar-refractivity contribution in [1.29, 1.82) is 0 Å². The second kappa shape index (κ2) is 12.8. The molecule has 10 heteroatoms. The highest BCUT2D eigenvalue weighted by Gasteiger charge is 2.63. The van der Waals surface area contributed by atoms with Gasteiger partial charge in [-0.05, 0) is 75.3 Å². The minimum Gasteiger partial charge on any atom is -0.469 e. The van der Waals surface area contributed by atoms with Crippen LogP contribution in [0.25, 0.3) is 0 Å². The third-order valence-electron chi connectivity index (χ3n) is 8.08. The number of likely N-dealkylation sites (tertiary alicyclic amines) is 1. The summed E-state index contributed by atoms with van der Waals surface area (Å²) in [6, 6.07) is 11.7. The van der Waals surface area contributed by atoms with Crippen molar-refractivity contribution in [2.75, 3.05) is 41.0 Å². The van der Waals surface area contributed by atoms with Crippen LogP contribution in [-0.4, -0.2) is 79.8 Å². The lowest BCUT2D eigenvalue weighted by Gasteiger charge is -2.53. The number of β-lactam (4-membered cyclic amide) rings is 1. The van der Waals surface area contributed by atoms with Gasteiger partial charge in [-0.2, -0.15) is 0 Å². The van der Waals surface area contributed by atoms with E-state index >= 15 is 0 Å². The number of ether oxygens (including phenoxy) is 3. The van der Waals surface area contributed by atoms with E-state index < -0.39 is 17.7 Å². The van der Waals surface area contributed by atoms with Crippen LogP contribution in [0.4, 0.5) is 4.79 Å². The maximum absolute atomic E-state index is 13.6. The van der Waals surface area contributed by atoms with Crippen molar-refractivity contribution in [2.45, 2.75) is 58.7 Å². The molecule has 41 heavy (non-hydrogen) atoms. The largest absolute Gasteiger partial charge is 0.469 e. The molecule has 1 N–H and O–H groups in total. The highest BCUT2D eigenvalue weighted by molar-refractivity contribution is 6.03. The number of fused-ring (bicyclic) bond motifs is 1. The first-order valence-corrected chi connectivity index (χ1v) is 14.4. The molecule has 0 bridgehead atoms. The number of likely N-dealkylation sites (N-methyl/N-ethyl adjacent to an activating group) is 2. The van der Waals surface area contributed by atoms with Crippen molar-refractivity contribution in [3.05, 3.63) is 53.6 Å². The number of carbonyl (C=O) groups is 3. The molecule has 2 atom stereocenters. The fraction of sp³-hybridized carbons (Fsp3) is 0.516. The average molecular weight is 567 g/mol. The number of amides is 4. The van der Waals surface area contributed by atoms with E-state index in [1.54, 1.807) is 36.2 Å². The summed E-state index contributed by atoms with van der Waals surface area (Å²) in [5.41, 5.74) is 0.612. The molecule has 0 unspecified atom stereocenters. The van der Waals surface area contributed by atoms with Gasteiger partial charge in [0.15, 0.2) is 17.7 Å². The smallest absolute Gasteiger partial charge is 0.327 e. The molecular formula is C31H42N4O6. The molecule has 1 fully saturated rings. The first-order chi connectivity index (χ1) is 19.6. The zero-order chi connectivity index (χ0) is 29.7. The molecule has 2 aromatic carbocycles. The molecule has 0 aromatic heterocycles. The van der Waals surface area contributed by atoms with Crippen molar-refractivity contribution < 1.29 is 28.6 Å². The van der Waals surface area contributed by atoms with Crippen LogP contribution in [0, 0.1) is 5.41 Å². The zero-order valence-corrected chi connectivity index (χ0v) is 24.9. The van der Waals surface area contributed by atoms with E-state index in [0.29, 0.717) is 48.6 Å². The summed E-state index contributed by atoms with van der Waals surface area (Å²) in [5.74, 6) is 1.46. The Balaban J connectivity index is 1.50. The monoisotopic (exact) mass is 566 g/mol. The van der Waals surface area contributed by atoms with Crippen LogP contribution in [0.3, 0.4) is 0 Å². The number of benzene rings is 2. The molecule has 1 saturated heterocycles. The Hall–Kier alpha value is -3.79. The molecule has 4 rings (SSSR count).